The second-order valence-corrected chi connectivity index (χ2v) is 16.4. The van der Waals surface area contributed by atoms with Crippen molar-refractivity contribution in [1.82, 2.24) is 20.1 Å². The molecule has 19 heteroatoms. The lowest BCUT2D eigenvalue weighted by molar-refractivity contribution is -0.138. The van der Waals surface area contributed by atoms with E-state index in [1.165, 1.54) is 6.07 Å². The van der Waals surface area contributed by atoms with Crippen molar-refractivity contribution >= 4 is 70.6 Å². The number of fused-ring (bicyclic) bond motifs is 2. The number of rotatable bonds is 12. The van der Waals surface area contributed by atoms with E-state index in [1.54, 1.807) is 43.0 Å². The van der Waals surface area contributed by atoms with Crippen LogP contribution in [-0.2, 0) is 31.8 Å². The first-order valence-electron chi connectivity index (χ1n) is 19.2. The number of carbonyl (C=O) groups excluding carboxylic acids is 4. The molecule has 1 aromatic heterocycles. The number of imide groups is 1. The van der Waals surface area contributed by atoms with Crippen molar-refractivity contribution in [2.24, 2.45) is 0 Å². The molecule has 14 nitrogen and oxygen atoms in total. The quantitative estimate of drug-likeness (QED) is 0.143. The van der Waals surface area contributed by atoms with Crippen molar-refractivity contribution in [2.75, 3.05) is 53.2 Å². The van der Waals surface area contributed by atoms with Gasteiger partial charge in [-0.05, 0) is 81.1 Å². The largest absolute Gasteiger partial charge is 0.492 e. The topological polar surface area (TPSA) is 163 Å². The fourth-order valence-electron chi connectivity index (χ4n) is 8.37. The first-order chi connectivity index (χ1) is 28.0. The second kappa shape index (κ2) is 16.5. The molecule has 4 aliphatic rings. The highest BCUT2D eigenvalue weighted by Crippen LogP contribution is 2.43. The zero-order valence-electron chi connectivity index (χ0n) is 32.5. The minimum Gasteiger partial charge on any atom is -0.492 e. The Bertz CT molecular complexity index is 2220. The number of pyridine rings is 1. The third-order valence-electron chi connectivity index (χ3n) is 11.3. The smallest absolute Gasteiger partial charge is 0.419 e. The first kappa shape index (κ1) is 42.0. The SMILES string of the molecule is CCc1cc(N2[C@H](S)N(c3cnc(C#N)c(C(F)(F)F)c3)C(=O)C2(C)C)ccc1OCCN1C[C@@H]2C[C@H]1CN2CC(=O)Nc1cc(Cl)cc(NC2CCC(=O)NC2=O)c1. The van der Waals surface area contributed by atoms with E-state index in [4.69, 9.17) is 29.0 Å². The fourth-order valence-corrected chi connectivity index (χ4v) is 9.27. The summed E-state index contributed by atoms with van der Waals surface area (Å²) in [5.41, 5.74) is -1.73. The van der Waals surface area contributed by atoms with Gasteiger partial charge < -0.3 is 20.3 Å². The van der Waals surface area contributed by atoms with Crippen LogP contribution in [0.3, 0.4) is 0 Å². The van der Waals surface area contributed by atoms with E-state index in [0.717, 1.165) is 42.2 Å². The number of alkyl halides is 3. The number of halogens is 4. The molecule has 3 N–H and O–H groups in total. The number of nitrogens with one attached hydrogen (secondary N) is 3. The molecule has 2 aromatic carbocycles. The lowest BCUT2D eigenvalue weighted by atomic mass is 10.0. The van der Waals surface area contributed by atoms with Gasteiger partial charge in [-0.15, -0.1) is 12.6 Å². The molecule has 4 fully saturated rings. The molecule has 5 heterocycles. The lowest BCUT2D eigenvalue weighted by Gasteiger charge is -2.34. The molecule has 0 spiro atoms. The summed E-state index contributed by atoms with van der Waals surface area (Å²) in [5, 5.41) is 17.9. The minimum absolute atomic E-state index is 0.121. The maximum absolute atomic E-state index is 13.8. The number of ether oxygens (including phenoxy) is 1. The van der Waals surface area contributed by atoms with Gasteiger partial charge in [0.25, 0.3) is 5.91 Å². The Balaban J connectivity index is 0.922. The van der Waals surface area contributed by atoms with Gasteiger partial charge in [-0.3, -0.25) is 39.2 Å². The van der Waals surface area contributed by atoms with Gasteiger partial charge in [0.05, 0.1) is 24.0 Å². The second-order valence-electron chi connectivity index (χ2n) is 15.5. The van der Waals surface area contributed by atoms with Gasteiger partial charge in [0, 0.05) is 60.2 Å². The Kier molecular flexibility index (Phi) is 11.8. The predicted molar refractivity (Wildman–Crippen MR) is 217 cm³/mol. The summed E-state index contributed by atoms with van der Waals surface area (Å²) in [7, 11) is 0. The average Bonchev–Trinajstić information content (AvgIpc) is 3.80. The van der Waals surface area contributed by atoms with Gasteiger partial charge in [0.1, 0.15) is 30.0 Å². The first-order valence-corrected chi connectivity index (χ1v) is 20.1. The van der Waals surface area contributed by atoms with E-state index in [9.17, 15) is 37.6 Å². The van der Waals surface area contributed by atoms with Crippen LogP contribution in [0.1, 0.15) is 56.9 Å². The van der Waals surface area contributed by atoms with Gasteiger partial charge in [0.2, 0.25) is 17.7 Å². The van der Waals surface area contributed by atoms with Crippen molar-refractivity contribution in [2.45, 2.75) is 81.8 Å². The number of likely N-dealkylation sites (tertiary alicyclic amines) is 2. The van der Waals surface area contributed by atoms with Crippen LogP contribution >= 0.6 is 24.2 Å². The van der Waals surface area contributed by atoms with Crippen LogP contribution in [0.4, 0.5) is 35.9 Å². The van der Waals surface area contributed by atoms with E-state index < -0.39 is 46.3 Å². The Morgan fingerprint density at radius 1 is 1.08 bits per heavy atom. The van der Waals surface area contributed by atoms with E-state index in [2.05, 4.69) is 30.7 Å². The van der Waals surface area contributed by atoms with Crippen LogP contribution in [0.25, 0.3) is 0 Å². The number of thiol groups is 1. The van der Waals surface area contributed by atoms with Gasteiger partial charge in [-0.1, -0.05) is 18.5 Å². The number of benzene rings is 2. The fraction of sp³-hybridized carbons (Fsp3) is 0.450. The van der Waals surface area contributed by atoms with E-state index in [-0.39, 0.29) is 42.6 Å². The number of piperidine rings is 1. The molecular formula is C40H43ClF3N9O5S. The number of anilines is 4. The summed E-state index contributed by atoms with van der Waals surface area (Å²) in [4.78, 5) is 61.6. The summed E-state index contributed by atoms with van der Waals surface area (Å²) in [5.74, 6) is -0.696. The van der Waals surface area contributed by atoms with Crippen molar-refractivity contribution in [3.05, 3.63) is 70.5 Å². The monoisotopic (exact) mass is 853 g/mol. The number of piperazine rings is 1. The van der Waals surface area contributed by atoms with E-state index >= 15 is 0 Å². The molecule has 3 aromatic rings. The van der Waals surface area contributed by atoms with Crippen LogP contribution in [0, 0.1) is 11.3 Å². The zero-order chi connectivity index (χ0) is 42.4. The molecule has 0 saturated carbocycles. The number of aromatic nitrogens is 1. The van der Waals surface area contributed by atoms with Crippen LogP contribution < -0.4 is 30.5 Å². The number of hydrogen-bond donors (Lipinski definition) is 4. The summed E-state index contributed by atoms with van der Waals surface area (Å²) in [6.45, 7) is 8.15. The lowest BCUT2D eigenvalue weighted by Crippen LogP contribution is -2.49. The van der Waals surface area contributed by atoms with Crippen LogP contribution in [0.5, 0.6) is 5.75 Å². The van der Waals surface area contributed by atoms with Crippen molar-refractivity contribution in [3.8, 4) is 11.8 Å². The Labute approximate surface area is 349 Å². The Hall–Kier alpha value is -5.09. The standard InChI is InChI=1S/C40H43ClF3N9O5S/c1-4-22-11-26(53-38(59)52(37(57)39(53,2)3)27-16-30(40(42,43)44)32(17-45)46-18-27)5-7-33(22)58-10-9-50-19-29-15-28(50)20-51(29)21-35(55)48-25-13-23(41)12-24(14-25)47-31-6-8-34(54)49-36(31)56/h5,7,11-14,16,18,28-29,31,38,47,59H,4,6,8-10,15,19-21H2,1-3H3,(H,48,55)(H,49,54,56)/t28-,29-,31?,38+/m0/s1. The zero-order valence-corrected chi connectivity index (χ0v) is 34.1. The molecule has 4 saturated heterocycles. The molecule has 4 aliphatic heterocycles. The highest BCUT2D eigenvalue weighted by molar-refractivity contribution is 7.81. The summed E-state index contributed by atoms with van der Waals surface area (Å²) in [6, 6.07) is 12.6. The highest BCUT2D eigenvalue weighted by Gasteiger charge is 2.52. The van der Waals surface area contributed by atoms with Crippen molar-refractivity contribution in [3.63, 3.8) is 0 Å². The molecule has 0 radical (unpaired) electrons. The maximum Gasteiger partial charge on any atom is 0.419 e. The summed E-state index contributed by atoms with van der Waals surface area (Å²) >= 11 is 11.0. The average molecular weight is 854 g/mol. The third kappa shape index (κ3) is 8.65. The van der Waals surface area contributed by atoms with Crippen LogP contribution in [0.15, 0.2) is 48.7 Å². The maximum atomic E-state index is 13.8. The molecule has 7 rings (SSSR count). The normalized spacial score (nSPS) is 23.1. The van der Waals surface area contributed by atoms with Crippen LogP contribution in [0.2, 0.25) is 5.02 Å². The summed E-state index contributed by atoms with van der Waals surface area (Å²) in [6.07, 6.45) is -1.63. The molecule has 2 bridgehead atoms. The number of aryl methyl sites for hydroxylation is 1. The van der Waals surface area contributed by atoms with Gasteiger partial charge in [-0.25, -0.2) is 4.98 Å². The minimum atomic E-state index is -4.84. The highest BCUT2D eigenvalue weighted by atomic mass is 35.5. The van der Waals surface area contributed by atoms with Gasteiger partial charge in [0.15, 0.2) is 11.2 Å². The van der Waals surface area contributed by atoms with Crippen LogP contribution in [-0.4, -0.2) is 100 Å². The van der Waals surface area contributed by atoms with E-state index in [1.807, 2.05) is 19.1 Å². The number of nitriles is 1. The Morgan fingerprint density at radius 3 is 2.49 bits per heavy atom. The van der Waals surface area contributed by atoms with Crippen molar-refractivity contribution in [1.29, 1.82) is 5.26 Å². The molecule has 1 unspecified atom stereocenters. The molecule has 59 heavy (non-hydrogen) atoms. The number of nitrogens with zero attached hydrogens (tertiary/aromatic N) is 6. The molecular weight excluding hydrogens is 811 g/mol. The number of amides is 4. The van der Waals surface area contributed by atoms with Crippen molar-refractivity contribution < 1.29 is 37.1 Å². The predicted octanol–water partition coefficient (Wildman–Crippen LogP) is 5.03. The van der Waals surface area contributed by atoms with E-state index in [0.29, 0.717) is 53.8 Å². The molecule has 312 valence electrons. The number of carbonyl (C=O) groups is 4. The van der Waals surface area contributed by atoms with Gasteiger partial charge >= 0.3 is 6.18 Å². The Morgan fingerprint density at radius 2 is 1.81 bits per heavy atom. The molecule has 4 amide bonds. The summed E-state index contributed by atoms with van der Waals surface area (Å²) < 4.78 is 47.5. The number of hydrogen-bond acceptors (Lipinski definition) is 12. The molecule has 0 aliphatic carbocycles. The molecule has 4 atom stereocenters. The van der Waals surface area contributed by atoms with Gasteiger partial charge in [-0.2, -0.15) is 18.4 Å². The third-order valence-corrected chi connectivity index (χ3v) is 12.0.